The Morgan fingerprint density at radius 3 is 2.35 bits per heavy atom. The number of halogens is 1. The van der Waals surface area contributed by atoms with Gasteiger partial charge in [0.2, 0.25) is 0 Å². The zero-order valence-electron chi connectivity index (χ0n) is 18.5. The fourth-order valence-corrected chi connectivity index (χ4v) is 3.90. The van der Waals surface area contributed by atoms with Crippen LogP contribution in [-0.2, 0) is 9.59 Å². The second-order valence-electron chi connectivity index (χ2n) is 8.07. The fraction of sp³-hybridized carbons (Fsp3) is 0.148. The first-order chi connectivity index (χ1) is 16.3. The molecule has 7 heteroatoms. The molecule has 6 nitrogen and oxygen atoms in total. The normalized spacial score (nSPS) is 17.1. The van der Waals surface area contributed by atoms with Crippen LogP contribution >= 0.6 is 0 Å². The summed E-state index contributed by atoms with van der Waals surface area (Å²) in [7, 11) is 0. The van der Waals surface area contributed by atoms with Crippen LogP contribution in [0.5, 0.6) is 5.75 Å². The third-order valence-corrected chi connectivity index (χ3v) is 5.38. The topological polar surface area (TPSA) is 90.6 Å². The highest BCUT2D eigenvalue weighted by atomic mass is 19.1. The van der Waals surface area contributed by atoms with E-state index in [1.165, 1.54) is 41.3 Å². The average molecular weight is 456 g/mol. The molecule has 1 aliphatic heterocycles. The molecule has 1 amide bonds. The second-order valence-corrected chi connectivity index (χ2v) is 8.07. The van der Waals surface area contributed by atoms with Crippen molar-refractivity contribution in [2.24, 2.45) is 0 Å². The van der Waals surface area contributed by atoms with Gasteiger partial charge < -0.3 is 9.84 Å². The Balaban J connectivity index is 1.89. The van der Waals surface area contributed by atoms with Crippen molar-refractivity contribution in [3.63, 3.8) is 0 Å². The molecule has 0 bridgehead atoms. The van der Waals surface area contributed by atoms with Gasteiger partial charge in [-0.1, -0.05) is 24.3 Å². The second kappa shape index (κ2) is 9.20. The maximum atomic E-state index is 13.6. The standard InChI is InChI=1S/C27H21FN2O4/c1-16(2)34-22-5-3-4-19(14-22)25(31)23-24(18-8-10-20(28)11-9-18)30(27(33)26(23)32)21-12-6-17(15-29)7-13-21/h3-14,16,24,31H,1-2H3/b25-23-. The molecule has 3 aromatic carbocycles. The highest BCUT2D eigenvalue weighted by Gasteiger charge is 2.47. The number of hydrogen-bond donors (Lipinski definition) is 1. The summed E-state index contributed by atoms with van der Waals surface area (Å²) in [5, 5.41) is 20.3. The van der Waals surface area contributed by atoms with E-state index in [0.29, 0.717) is 28.1 Å². The van der Waals surface area contributed by atoms with Crippen LogP contribution in [0.3, 0.4) is 0 Å². The van der Waals surface area contributed by atoms with Gasteiger partial charge in [-0.2, -0.15) is 5.26 Å². The van der Waals surface area contributed by atoms with Gasteiger partial charge >= 0.3 is 0 Å². The number of benzene rings is 3. The Labute approximate surface area is 196 Å². The van der Waals surface area contributed by atoms with Gasteiger partial charge in [0.05, 0.1) is 29.4 Å². The van der Waals surface area contributed by atoms with Gasteiger partial charge in [-0.25, -0.2) is 4.39 Å². The molecule has 34 heavy (non-hydrogen) atoms. The van der Waals surface area contributed by atoms with Crippen molar-refractivity contribution in [1.82, 2.24) is 0 Å². The fourth-order valence-electron chi connectivity index (χ4n) is 3.90. The third kappa shape index (κ3) is 4.26. The van der Waals surface area contributed by atoms with E-state index < -0.39 is 23.5 Å². The third-order valence-electron chi connectivity index (χ3n) is 5.38. The molecule has 1 atom stereocenters. The van der Waals surface area contributed by atoms with Crippen LogP contribution in [0, 0.1) is 17.1 Å². The summed E-state index contributed by atoms with van der Waals surface area (Å²) < 4.78 is 19.3. The first kappa shape index (κ1) is 22.7. The summed E-state index contributed by atoms with van der Waals surface area (Å²) in [6.07, 6.45) is -0.0985. The predicted octanol–water partition coefficient (Wildman–Crippen LogP) is 5.11. The highest BCUT2D eigenvalue weighted by Crippen LogP contribution is 2.42. The minimum absolute atomic E-state index is 0.0985. The van der Waals surface area contributed by atoms with E-state index in [4.69, 9.17) is 10.00 Å². The van der Waals surface area contributed by atoms with Crippen molar-refractivity contribution in [1.29, 1.82) is 5.26 Å². The van der Waals surface area contributed by atoms with Crippen LogP contribution in [0.1, 0.15) is 36.6 Å². The zero-order valence-corrected chi connectivity index (χ0v) is 18.5. The van der Waals surface area contributed by atoms with Crippen LogP contribution < -0.4 is 9.64 Å². The maximum Gasteiger partial charge on any atom is 0.300 e. The van der Waals surface area contributed by atoms with Gasteiger partial charge in [-0.15, -0.1) is 0 Å². The van der Waals surface area contributed by atoms with Crippen molar-refractivity contribution in [3.05, 3.63) is 101 Å². The Kier molecular flexibility index (Phi) is 6.15. The van der Waals surface area contributed by atoms with Crippen molar-refractivity contribution in [2.75, 3.05) is 4.90 Å². The van der Waals surface area contributed by atoms with Crippen molar-refractivity contribution >= 4 is 23.1 Å². The molecule has 0 aromatic heterocycles. The smallest absolute Gasteiger partial charge is 0.300 e. The van der Waals surface area contributed by atoms with Crippen molar-refractivity contribution < 1.29 is 23.8 Å². The lowest BCUT2D eigenvalue weighted by Gasteiger charge is -2.25. The number of amides is 1. The zero-order chi connectivity index (χ0) is 24.4. The SMILES string of the molecule is CC(C)Oc1cccc(/C(O)=C2/C(=O)C(=O)N(c3ccc(C#N)cc3)C2c2ccc(F)cc2)c1. The molecule has 0 radical (unpaired) electrons. The summed E-state index contributed by atoms with van der Waals surface area (Å²) in [5.74, 6) is -2.05. The molecule has 1 heterocycles. The lowest BCUT2D eigenvalue weighted by molar-refractivity contribution is -0.132. The van der Waals surface area contributed by atoms with E-state index in [-0.39, 0.29) is 17.4 Å². The molecule has 0 saturated carbocycles. The molecule has 170 valence electrons. The number of ketones is 1. The Bertz CT molecular complexity index is 1320. The van der Waals surface area contributed by atoms with E-state index in [9.17, 15) is 19.1 Å². The highest BCUT2D eigenvalue weighted by molar-refractivity contribution is 6.51. The molecular formula is C27H21FN2O4. The van der Waals surface area contributed by atoms with Crippen molar-refractivity contribution in [2.45, 2.75) is 26.0 Å². The molecule has 0 aliphatic carbocycles. The lowest BCUT2D eigenvalue weighted by atomic mass is 9.95. The number of carbonyl (C=O) groups excluding carboxylic acids is 2. The Morgan fingerprint density at radius 1 is 1.06 bits per heavy atom. The number of aliphatic hydroxyl groups excluding tert-OH is 1. The number of hydrogen-bond acceptors (Lipinski definition) is 5. The van der Waals surface area contributed by atoms with E-state index in [1.54, 1.807) is 36.4 Å². The van der Waals surface area contributed by atoms with Crippen LogP contribution in [0.15, 0.2) is 78.4 Å². The summed E-state index contributed by atoms with van der Waals surface area (Å²) in [5.41, 5.74) is 1.39. The number of carbonyl (C=O) groups is 2. The number of anilines is 1. The number of ether oxygens (including phenoxy) is 1. The van der Waals surface area contributed by atoms with Gasteiger partial charge in [0.25, 0.3) is 11.7 Å². The van der Waals surface area contributed by atoms with Crippen LogP contribution in [0.25, 0.3) is 5.76 Å². The molecule has 1 N–H and O–H groups in total. The van der Waals surface area contributed by atoms with E-state index in [2.05, 4.69) is 0 Å². The molecule has 4 rings (SSSR count). The van der Waals surface area contributed by atoms with Gasteiger partial charge in [0, 0.05) is 11.3 Å². The van der Waals surface area contributed by atoms with E-state index >= 15 is 0 Å². The lowest BCUT2D eigenvalue weighted by Crippen LogP contribution is -2.29. The number of Topliss-reactive ketones (excluding diaryl/α,β-unsaturated/α-hetero) is 1. The largest absolute Gasteiger partial charge is 0.507 e. The summed E-state index contributed by atoms with van der Waals surface area (Å²) in [6.45, 7) is 3.73. The molecular weight excluding hydrogens is 435 g/mol. The summed E-state index contributed by atoms with van der Waals surface area (Å²) >= 11 is 0. The molecule has 3 aromatic rings. The van der Waals surface area contributed by atoms with Gasteiger partial charge in [-0.05, 0) is 67.9 Å². The molecule has 1 unspecified atom stereocenters. The van der Waals surface area contributed by atoms with Crippen LogP contribution in [0.4, 0.5) is 10.1 Å². The van der Waals surface area contributed by atoms with E-state index in [0.717, 1.165) is 0 Å². The minimum Gasteiger partial charge on any atom is -0.507 e. The minimum atomic E-state index is -0.997. The number of rotatable bonds is 5. The summed E-state index contributed by atoms with van der Waals surface area (Å²) in [6, 6.07) is 19.2. The molecule has 0 spiro atoms. The maximum absolute atomic E-state index is 13.6. The Hall–Kier alpha value is -4.44. The first-order valence-electron chi connectivity index (χ1n) is 10.6. The van der Waals surface area contributed by atoms with Crippen LogP contribution in [-0.4, -0.2) is 22.9 Å². The summed E-state index contributed by atoms with van der Waals surface area (Å²) in [4.78, 5) is 27.6. The number of nitriles is 1. The first-order valence-corrected chi connectivity index (χ1v) is 10.6. The molecule has 1 fully saturated rings. The monoisotopic (exact) mass is 456 g/mol. The Morgan fingerprint density at radius 2 is 1.74 bits per heavy atom. The number of aliphatic hydroxyl groups is 1. The molecule has 1 aliphatic rings. The van der Waals surface area contributed by atoms with Gasteiger partial charge in [0.15, 0.2) is 0 Å². The molecule has 1 saturated heterocycles. The van der Waals surface area contributed by atoms with Gasteiger partial charge in [-0.3, -0.25) is 14.5 Å². The van der Waals surface area contributed by atoms with Gasteiger partial charge in [0.1, 0.15) is 17.3 Å². The predicted molar refractivity (Wildman–Crippen MR) is 125 cm³/mol. The van der Waals surface area contributed by atoms with E-state index in [1.807, 2.05) is 19.9 Å². The quantitative estimate of drug-likeness (QED) is 0.327. The van der Waals surface area contributed by atoms with Crippen molar-refractivity contribution in [3.8, 4) is 11.8 Å². The average Bonchev–Trinajstić information content (AvgIpc) is 3.09. The van der Waals surface area contributed by atoms with Crippen LogP contribution in [0.2, 0.25) is 0 Å². The number of nitrogens with zero attached hydrogens (tertiary/aromatic N) is 2.